The standard InChI is InChI=1S/C13H12ClNO2/c1-9(16)12-4-2-3-5-13(12)17-11-6-10(14)7-15-8-11/h2-9,16H,1H3/t9-/m1/s1. The fourth-order valence-electron chi connectivity index (χ4n) is 1.49. The van der Waals surface area contributed by atoms with Gasteiger partial charge in [-0.1, -0.05) is 29.8 Å². The van der Waals surface area contributed by atoms with Crippen molar-refractivity contribution in [1.82, 2.24) is 4.98 Å². The highest BCUT2D eigenvalue weighted by atomic mass is 35.5. The van der Waals surface area contributed by atoms with Gasteiger partial charge in [-0.25, -0.2) is 0 Å². The average Bonchev–Trinajstić information content (AvgIpc) is 2.29. The van der Waals surface area contributed by atoms with Crippen LogP contribution < -0.4 is 4.74 Å². The fourth-order valence-corrected chi connectivity index (χ4v) is 1.66. The Morgan fingerprint density at radius 3 is 2.76 bits per heavy atom. The van der Waals surface area contributed by atoms with Gasteiger partial charge in [-0.3, -0.25) is 4.98 Å². The van der Waals surface area contributed by atoms with Crippen molar-refractivity contribution in [2.24, 2.45) is 0 Å². The van der Waals surface area contributed by atoms with Crippen LogP contribution in [0.15, 0.2) is 42.7 Å². The lowest BCUT2D eigenvalue weighted by molar-refractivity contribution is 0.195. The molecule has 0 unspecified atom stereocenters. The van der Waals surface area contributed by atoms with E-state index in [0.29, 0.717) is 16.5 Å². The largest absolute Gasteiger partial charge is 0.455 e. The van der Waals surface area contributed by atoms with Gasteiger partial charge in [-0.05, 0) is 13.0 Å². The Kier molecular flexibility index (Phi) is 3.61. The van der Waals surface area contributed by atoms with Gasteiger partial charge in [0.1, 0.15) is 11.5 Å². The summed E-state index contributed by atoms with van der Waals surface area (Å²) < 4.78 is 5.64. The summed E-state index contributed by atoms with van der Waals surface area (Å²) in [6, 6.07) is 8.98. The highest BCUT2D eigenvalue weighted by Crippen LogP contribution is 2.29. The topological polar surface area (TPSA) is 42.4 Å². The van der Waals surface area contributed by atoms with Crippen molar-refractivity contribution in [1.29, 1.82) is 0 Å². The van der Waals surface area contributed by atoms with Crippen LogP contribution in [0.3, 0.4) is 0 Å². The van der Waals surface area contributed by atoms with Crippen LogP contribution in [0.5, 0.6) is 11.5 Å². The van der Waals surface area contributed by atoms with E-state index >= 15 is 0 Å². The second-order valence-corrected chi connectivity index (χ2v) is 4.09. The van der Waals surface area contributed by atoms with Gasteiger partial charge in [-0.2, -0.15) is 0 Å². The molecule has 1 aromatic carbocycles. The number of aliphatic hydroxyl groups excluding tert-OH is 1. The fraction of sp³-hybridized carbons (Fsp3) is 0.154. The summed E-state index contributed by atoms with van der Waals surface area (Å²) in [5.41, 5.74) is 0.729. The van der Waals surface area contributed by atoms with Gasteiger partial charge in [-0.15, -0.1) is 0 Å². The lowest BCUT2D eigenvalue weighted by Crippen LogP contribution is -1.95. The molecule has 1 atom stereocenters. The zero-order chi connectivity index (χ0) is 12.3. The monoisotopic (exact) mass is 249 g/mol. The number of hydrogen-bond donors (Lipinski definition) is 1. The molecule has 2 aromatic rings. The molecule has 2 rings (SSSR count). The van der Waals surface area contributed by atoms with Gasteiger partial charge in [0.2, 0.25) is 0 Å². The number of halogens is 1. The van der Waals surface area contributed by atoms with E-state index in [0.717, 1.165) is 5.56 Å². The number of ether oxygens (including phenoxy) is 1. The smallest absolute Gasteiger partial charge is 0.147 e. The van der Waals surface area contributed by atoms with Crippen LogP contribution in [-0.4, -0.2) is 10.1 Å². The van der Waals surface area contributed by atoms with E-state index < -0.39 is 6.10 Å². The minimum absolute atomic E-state index is 0.511. The molecular formula is C13H12ClNO2. The third-order valence-corrected chi connectivity index (χ3v) is 2.48. The summed E-state index contributed by atoms with van der Waals surface area (Å²) in [5.74, 6) is 1.15. The Morgan fingerprint density at radius 1 is 1.29 bits per heavy atom. The number of aromatic nitrogens is 1. The van der Waals surface area contributed by atoms with Gasteiger partial charge in [0.25, 0.3) is 0 Å². The van der Waals surface area contributed by atoms with Crippen molar-refractivity contribution in [3.63, 3.8) is 0 Å². The molecule has 1 aromatic heterocycles. The van der Waals surface area contributed by atoms with Crippen molar-refractivity contribution in [2.75, 3.05) is 0 Å². The number of para-hydroxylation sites is 1. The Hall–Kier alpha value is -1.58. The maximum absolute atomic E-state index is 9.62. The lowest BCUT2D eigenvalue weighted by Gasteiger charge is -2.12. The second kappa shape index (κ2) is 5.17. The Morgan fingerprint density at radius 2 is 2.06 bits per heavy atom. The highest BCUT2D eigenvalue weighted by Gasteiger charge is 2.09. The molecule has 1 heterocycles. The van der Waals surface area contributed by atoms with E-state index in [9.17, 15) is 5.11 Å². The van der Waals surface area contributed by atoms with Crippen LogP contribution in [0.4, 0.5) is 0 Å². The molecule has 1 N–H and O–H groups in total. The normalized spacial score (nSPS) is 12.2. The SMILES string of the molecule is C[C@@H](O)c1ccccc1Oc1cncc(Cl)c1. The van der Waals surface area contributed by atoms with Crippen molar-refractivity contribution < 1.29 is 9.84 Å². The van der Waals surface area contributed by atoms with Crippen molar-refractivity contribution in [3.8, 4) is 11.5 Å². The van der Waals surface area contributed by atoms with Crippen molar-refractivity contribution in [3.05, 3.63) is 53.3 Å². The van der Waals surface area contributed by atoms with Gasteiger partial charge < -0.3 is 9.84 Å². The molecule has 0 bridgehead atoms. The molecule has 88 valence electrons. The van der Waals surface area contributed by atoms with E-state index in [1.54, 1.807) is 25.3 Å². The maximum atomic E-state index is 9.62. The van der Waals surface area contributed by atoms with Gasteiger partial charge in [0, 0.05) is 17.8 Å². The molecule has 17 heavy (non-hydrogen) atoms. The van der Waals surface area contributed by atoms with E-state index in [4.69, 9.17) is 16.3 Å². The number of nitrogens with zero attached hydrogens (tertiary/aromatic N) is 1. The van der Waals surface area contributed by atoms with E-state index in [1.165, 1.54) is 6.20 Å². The quantitative estimate of drug-likeness (QED) is 0.904. The second-order valence-electron chi connectivity index (χ2n) is 3.65. The maximum Gasteiger partial charge on any atom is 0.147 e. The predicted molar refractivity (Wildman–Crippen MR) is 66.4 cm³/mol. The lowest BCUT2D eigenvalue weighted by atomic mass is 10.1. The first kappa shape index (κ1) is 11.9. The predicted octanol–water partition coefficient (Wildman–Crippen LogP) is 3.58. The molecule has 4 heteroatoms. The number of benzene rings is 1. The summed E-state index contributed by atoms with van der Waals surface area (Å²) in [4.78, 5) is 3.94. The molecule has 0 spiro atoms. The van der Waals surface area contributed by atoms with Crippen molar-refractivity contribution >= 4 is 11.6 Å². The Balaban J connectivity index is 2.30. The van der Waals surface area contributed by atoms with Gasteiger partial charge in [0.05, 0.1) is 17.3 Å². The van der Waals surface area contributed by atoms with Crippen LogP contribution in [0.1, 0.15) is 18.6 Å². The molecule has 0 aliphatic heterocycles. The molecule has 0 saturated heterocycles. The number of rotatable bonds is 3. The Labute approximate surface area is 105 Å². The zero-order valence-corrected chi connectivity index (χ0v) is 10.1. The van der Waals surface area contributed by atoms with Crippen molar-refractivity contribution in [2.45, 2.75) is 13.0 Å². The average molecular weight is 250 g/mol. The van der Waals surface area contributed by atoms with Crippen LogP contribution in [0.2, 0.25) is 5.02 Å². The summed E-state index contributed by atoms with van der Waals surface area (Å²) in [6.45, 7) is 1.69. The Bertz CT molecular complexity index is 514. The summed E-state index contributed by atoms with van der Waals surface area (Å²) in [5, 5.41) is 10.1. The van der Waals surface area contributed by atoms with Crippen LogP contribution in [0.25, 0.3) is 0 Å². The van der Waals surface area contributed by atoms with Crippen LogP contribution in [-0.2, 0) is 0 Å². The third-order valence-electron chi connectivity index (χ3n) is 2.28. The number of hydrogen-bond acceptors (Lipinski definition) is 3. The first-order valence-corrected chi connectivity index (χ1v) is 5.60. The zero-order valence-electron chi connectivity index (χ0n) is 9.30. The summed E-state index contributed by atoms with van der Waals surface area (Å²) in [6.07, 6.45) is 2.53. The number of aliphatic hydroxyl groups is 1. The van der Waals surface area contributed by atoms with E-state index in [2.05, 4.69) is 4.98 Å². The summed E-state index contributed by atoms with van der Waals surface area (Å²) in [7, 11) is 0. The minimum atomic E-state index is -0.585. The molecule has 0 radical (unpaired) electrons. The molecule has 0 fully saturated rings. The molecule has 0 aliphatic rings. The first-order valence-electron chi connectivity index (χ1n) is 5.22. The molecular weight excluding hydrogens is 238 g/mol. The molecule has 3 nitrogen and oxygen atoms in total. The molecule has 0 aliphatic carbocycles. The van der Waals surface area contributed by atoms with Crippen LogP contribution in [0, 0.1) is 0 Å². The molecule has 0 saturated carbocycles. The first-order chi connectivity index (χ1) is 8.16. The highest BCUT2D eigenvalue weighted by molar-refractivity contribution is 6.30. The van der Waals surface area contributed by atoms with Gasteiger partial charge in [0.15, 0.2) is 0 Å². The van der Waals surface area contributed by atoms with E-state index in [1.807, 2.05) is 18.2 Å². The minimum Gasteiger partial charge on any atom is -0.455 e. The van der Waals surface area contributed by atoms with Crippen LogP contribution >= 0.6 is 11.6 Å². The third kappa shape index (κ3) is 2.96. The van der Waals surface area contributed by atoms with Gasteiger partial charge >= 0.3 is 0 Å². The summed E-state index contributed by atoms with van der Waals surface area (Å²) >= 11 is 5.82. The number of pyridine rings is 1. The van der Waals surface area contributed by atoms with E-state index in [-0.39, 0.29) is 0 Å². The molecule has 0 amide bonds.